The second-order valence-electron chi connectivity index (χ2n) is 5.07. The third kappa shape index (κ3) is 2.24. The summed E-state index contributed by atoms with van der Waals surface area (Å²) in [6, 6.07) is 0. The molecule has 0 aromatic carbocycles. The van der Waals surface area contributed by atoms with Crippen LogP contribution in [0, 0.1) is 6.92 Å². The highest BCUT2D eigenvalue weighted by Crippen LogP contribution is 2.22. The number of aryl methyl sites for hydroxylation is 2. The Morgan fingerprint density at radius 3 is 3.12 bits per heavy atom. The number of aromatic nitrogens is 2. The summed E-state index contributed by atoms with van der Waals surface area (Å²) in [5.41, 5.74) is 2.79. The smallest absolute Gasteiger partial charge is 0.106 e. The molecule has 1 N–H and O–H groups in total. The van der Waals surface area contributed by atoms with Crippen LogP contribution in [0.5, 0.6) is 0 Å². The first-order valence-electron chi connectivity index (χ1n) is 6.72. The van der Waals surface area contributed by atoms with Gasteiger partial charge in [-0.2, -0.15) is 0 Å². The van der Waals surface area contributed by atoms with Crippen LogP contribution in [0.2, 0.25) is 0 Å². The lowest BCUT2D eigenvalue weighted by atomic mass is 10.0. The van der Waals surface area contributed by atoms with E-state index < -0.39 is 0 Å². The van der Waals surface area contributed by atoms with Crippen molar-refractivity contribution in [2.45, 2.75) is 45.3 Å². The molecule has 0 spiro atoms. The summed E-state index contributed by atoms with van der Waals surface area (Å²) in [7, 11) is 0. The maximum Gasteiger partial charge on any atom is 0.106 e. The summed E-state index contributed by atoms with van der Waals surface area (Å²) < 4.78 is 8.17. The number of ether oxygens (including phenoxy) is 1. The molecule has 0 radical (unpaired) electrons. The van der Waals surface area contributed by atoms with Crippen LogP contribution in [0.4, 0.5) is 0 Å². The van der Waals surface area contributed by atoms with Crippen LogP contribution in [-0.4, -0.2) is 35.4 Å². The van der Waals surface area contributed by atoms with Crippen molar-refractivity contribution in [3.8, 4) is 0 Å². The van der Waals surface area contributed by atoms with Crippen molar-refractivity contribution in [1.29, 1.82) is 0 Å². The Bertz CT molecular complexity index is 394. The van der Waals surface area contributed by atoms with Crippen LogP contribution in [0.3, 0.4) is 0 Å². The summed E-state index contributed by atoms with van der Waals surface area (Å²) in [5, 5.41) is 3.39. The number of nitrogens with one attached hydrogen (secondary N) is 1. The van der Waals surface area contributed by atoms with E-state index in [4.69, 9.17) is 9.72 Å². The monoisotopic (exact) mass is 235 g/mol. The van der Waals surface area contributed by atoms with Crippen molar-refractivity contribution in [3.05, 3.63) is 17.2 Å². The van der Waals surface area contributed by atoms with Gasteiger partial charge < -0.3 is 14.6 Å². The van der Waals surface area contributed by atoms with Crippen molar-refractivity contribution in [1.82, 2.24) is 14.9 Å². The fraction of sp³-hybridized carbons (Fsp3) is 0.769. The van der Waals surface area contributed by atoms with Gasteiger partial charge in [0.2, 0.25) is 0 Å². The van der Waals surface area contributed by atoms with Crippen LogP contribution in [0.15, 0.2) is 0 Å². The van der Waals surface area contributed by atoms with E-state index in [1.165, 1.54) is 30.7 Å². The van der Waals surface area contributed by atoms with Crippen LogP contribution >= 0.6 is 0 Å². The number of hydrogen-bond donors (Lipinski definition) is 1. The molecule has 1 saturated heterocycles. The minimum atomic E-state index is 0.308. The van der Waals surface area contributed by atoms with E-state index in [-0.39, 0.29) is 0 Å². The third-order valence-electron chi connectivity index (χ3n) is 3.81. The highest BCUT2D eigenvalue weighted by atomic mass is 16.5. The molecule has 1 fully saturated rings. The molecular weight excluding hydrogens is 214 g/mol. The fourth-order valence-corrected chi connectivity index (χ4v) is 2.92. The van der Waals surface area contributed by atoms with Crippen LogP contribution in [-0.2, 0) is 24.1 Å². The van der Waals surface area contributed by atoms with Gasteiger partial charge in [-0.05, 0) is 32.6 Å². The predicted molar refractivity (Wildman–Crippen MR) is 66.2 cm³/mol. The zero-order chi connectivity index (χ0) is 11.7. The number of nitrogens with zero attached hydrogens (tertiary/aromatic N) is 2. The Labute approximate surface area is 102 Å². The maximum absolute atomic E-state index is 5.79. The normalized spacial score (nSPS) is 24.6. The first kappa shape index (κ1) is 11.2. The number of hydrogen-bond acceptors (Lipinski definition) is 3. The minimum Gasteiger partial charge on any atom is -0.374 e. The van der Waals surface area contributed by atoms with E-state index in [1.807, 2.05) is 0 Å². The van der Waals surface area contributed by atoms with E-state index >= 15 is 0 Å². The summed E-state index contributed by atoms with van der Waals surface area (Å²) >= 11 is 0. The standard InChI is InChI=1S/C13H21N3O/c1-10-15-12-4-2-3-5-13(12)16(10)9-11-8-14-6-7-17-11/h11,14H,2-9H2,1H3. The molecule has 4 heteroatoms. The highest BCUT2D eigenvalue weighted by molar-refractivity contribution is 5.20. The van der Waals surface area contributed by atoms with Gasteiger partial charge in [0.15, 0.2) is 0 Å². The lowest BCUT2D eigenvalue weighted by Gasteiger charge is -2.25. The molecule has 1 atom stereocenters. The first-order valence-corrected chi connectivity index (χ1v) is 6.72. The van der Waals surface area contributed by atoms with E-state index in [0.717, 1.165) is 38.5 Å². The molecule has 1 unspecified atom stereocenters. The molecule has 2 aliphatic rings. The predicted octanol–water partition coefficient (Wildman–Crippen LogP) is 1.06. The molecule has 3 rings (SSSR count). The third-order valence-corrected chi connectivity index (χ3v) is 3.81. The van der Waals surface area contributed by atoms with E-state index in [9.17, 15) is 0 Å². The Hall–Kier alpha value is -0.870. The van der Waals surface area contributed by atoms with Gasteiger partial charge in [0.05, 0.1) is 24.9 Å². The SMILES string of the molecule is Cc1nc2c(n1CC1CNCCO1)CCCC2. The number of fused-ring (bicyclic) bond motifs is 1. The largest absolute Gasteiger partial charge is 0.374 e. The zero-order valence-corrected chi connectivity index (χ0v) is 10.5. The molecule has 1 aromatic heterocycles. The highest BCUT2D eigenvalue weighted by Gasteiger charge is 2.21. The van der Waals surface area contributed by atoms with Gasteiger partial charge in [0, 0.05) is 18.8 Å². The topological polar surface area (TPSA) is 39.1 Å². The second kappa shape index (κ2) is 4.78. The summed E-state index contributed by atoms with van der Waals surface area (Å²) in [6.07, 6.45) is 5.26. The number of rotatable bonds is 2. The van der Waals surface area contributed by atoms with Gasteiger partial charge in [-0.15, -0.1) is 0 Å². The first-order chi connectivity index (χ1) is 8.34. The van der Waals surface area contributed by atoms with Crippen molar-refractivity contribution < 1.29 is 4.74 Å². The molecule has 17 heavy (non-hydrogen) atoms. The van der Waals surface area contributed by atoms with E-state index in [0.29, 0.717) is 6.10 Å². The van der Waals surface area contributed by atoms with Gasteiger partial charge in [-0.1, -0.05) is 0 Å². The Kier molecular flexibility index (Phi) is 3.16. The lowest BCUT2D eigenvalue weighted by molar-refractivity contribution is 0.0174. The van der Waals surface area contributed by atoms with Gasteiger partial charge in [-0.25, -0.2) is 4.98 Å². The molecular formula is C13H21N3O. The van der Waals surface area contributed by atoms with Crippen molar-refractivity contribution in [2.24, 2.45) is 0 Å². The van der Waals surface area contributed by atoms with Crippen molar-refractivity contribution in [3.63, 3.8) is 0 Å². The van der Waals surface area contributed by atoms with Crippen LogP contribution in [0.1, 0.15) is 30.1 Å². The van der Waals surface area contributed by atoms with Crippen LogP contribution < -0.4 is 5.32 Å². The fourth-order valence-electron chi connectivity index (χ4n) is 2.92. The second-order valence-corrected chi connectivity index (χ2v) is 5.07. The molecule has 1 aromatic rings. The van der Waals surface area contributed by atoms with Gasteiger partial charge in [-0.3, -0.25) is 0 Å². The molecule has 4 nitrogen and oxygen atoms in total. The molecule has 0 amide bonds. The average molecular weight is 235 g/mol. The van der Waals surface area contributed by atoms with E-state index in [1.54, 1.807) is 0 Å². The molecule has 94 valence electrons. The van der Waals surface area contributed by atoms with Gasteiger partial charge in [0.25, 0.3) is 0 Å². The summed E-state index contributed by atoms with van der Waals surface area (Å²) in [4.78, 5) is 4.70. The van der Waals surface area contributed by atoms with Crippen molar-refractivity contribution >= 4 is 0 Å². The molecule has 1 aliphatic carbocycles. The van der Waals surface area contributed by atoms with Gasteiger partial charge >= 0.3 is 0 Å². The summed E-state index contributed by atoms with van der Waals surface area (Å²) in [5.74, 6) is 1.16. The summed E-state index contributed by atoms with van der Waals surface area (Å²) in [6.45, 7) is 5.86. The maximum atomic E-state index is 5.79. The Morgan fingerprint density at radius 2 is 2.29 bits per heavy atom. The quantitative estimate of drug-likeness (QED) is 0.833. The van der Waals surface area contributed by atoms with Crippen molar-refractivity contribution in [2.75, 3.05) is 19.7 Å². The molecule has 1 aliphatic heterocycles. The average Bonchev–Trinajstić information content (AvgIpc) is 2.68. The molecule has 2 heterocycles. The zero-order valence-electron chi connectivity index (χ0n) is 10.5. The molecule has 0 bridgehead atoms. The molecule has 0 saturated carbocycles. The lowest BCUT2D eigenvalue weighted by Crippen LogP contribution is -2.41. The number of imidazole rings is 1. The Balaban J connectivity index is 1.79. The minimum absolute atomic E-state index is 0.308. The van der Waals surface area contributed by atoms with Crippen LogP contribution in [0.25, 0.3) is 0 Å². The Morgan fingerprint density at radius 1 is 1.41 bits per heavy atom. The van der Waals surface area contributed by atoms with Gasteiger partial charge in [0.1, 0.15) is 5.82 Å². The number of morpholine rings is 1. The van der Waals surface area contributed by atoms with E-state index in [2.05, 4.69) is 16.8 Å².